The maximum absolute atomic E-state index is 11.6. The number of rotatable bonds is 5. The summed E-state index contributed by atoms with van der Waals surface area (Å²) in [7, 11) is 0. The average molecular weight is 236 g/mol. The molecule has 0 aliphatic rings. The highest BCUT2D eigenvalue weighted by Gasteiger charge is 2.06. The molecule has 0 aliphatic carbocycles. The molecule has 94 valence electrons. The van der Waals surface area contributed by atoms with Crippen molar-refractivity contribution in [3.05, 3.63) is 23.8 Å². The first-order chi connectivity index (χ1) is 8.00. The maximum atomic E-state index is 11.6. The van der Waals surface area contributed by atoms with E-state index >= 15 is 0 Å². The summed E-state index contributed by atoms with van der Waals surface area (Å²) in [6.45, 7) is 6.21. The topological polar surface area (TPSA) is 64.3 Å². The van der Waals surface area contributed by atoms with E-state index in [2.05, 4.69) is 5.32 Å². The monoisotopic (exact) mass is 236 g/mol. The number of hydrogen-bond acceptors (Lipinski definition) is 3. The van der Waals surface area contributed by atoms with Gasteiger partial charge in [0.25, 0.3) is 0 Å². The van der Waals surface area contributed by atoms with Crippen molar-refractivity contribution >= 4 is 17.3 Å². The smallest absolute Gasteiger partial charge is 0.226 e. The van der Waals surface area contributed by atoms with Crippen LogP contribution in [0.3, 0.4) is 0 Å². The number of ether oxygens (including phenoxy) is 1. The summed E-state index contributed by atoms with van der Waals surface area (Å²) < 4.78 is 5.32. The van der Waals surface area contributed by atoms with Gasteiger partial charge in [0, 0.05) is 11.4 Å². The fourth-order valence-corrected chi connectivity index (χ4v) is 1.39. The molecule has 0 unspecified atom stereocenters. The summed E-state index contributed by atoms with van der Waals surface area (Å²) in [5, 5.41) is 2.83. The van der Waals surface area contributed by atoms with Crippen molar-refractivity contribution in [2.75, 3.05) is 17.7 Å². The van der Waals surface area contributed by atoms with Crippen molar-refractivity contribution in [1.29, 1.82) is 0 Å². The Balaban J connectivity index is 2.48. The molecule has 1 aromatic carbocycles. The zero-order valence-electron chi connectivity index (χ0n) is 10.6. The molecular weight excluding hydrogens is 216 g/mol. The Hall–Kier alpha value is -1.55. The highest BCUT2D eigenvalue weighted by Crippen LogP contribution is 2.20. The molecular formula is C13H20N2O2. The van der Waals surface area contributed by atoms with E-state index < -0.39 is 0 Å². The molecule has 0 fully saturated rings. The van der Waals surface area contributed by atoms with Gasteiger partial charge in [0.1, 0.15) is 0 Å². The van der Waals surface area contributed by atoms with Crippen LogP contribution >= 0.6 is 0 Å². The van der Waals surface area contributed by atoms with Crippen LogP contribution in [-0.2, 0) is 9.53 Å². The molecule has 0 atom stereocenters. The molecule has 0 heterocycles. The summed E-state index contributed by atoms with van der Waals surface area (Å²) in [4.78, 5) is 11.6. The third-order valence-electron chi connectivity index (χ3n) is 2.43. The Morgan fingerprint density at radius 2 is 2.18 bits per heavy atom. The van der Waals surface area contributed by atoms with E-state index in [0.717, 1.165) is 11.3 Å². The largest absolute Gasteiger partial charge is 0.398 e. The average Bonchev–Trinajstić information content (AvgIpc) is 2.24. The maximum Gasteiger partial charge on any atom is 0.226 e. The van der Waals surface area contributed by atoms with Gasteiger partial charge in [-0.3, -0.25) is 4.79 Å². The van der Waals surface area contributed by atoms with Crippen LogP contribution in [0.1, 0.15) is 25.8 Å². The molecule has 0 saturated carbocycles. The molecule has 0 saturated heterocycles. The molecule has 4 heteroatoms. The molecule has 17 heavy (non-hydrogen) atoms. The standard InChI is InChI=1S/C13H20N2O2/c1-9(2)17-8-7-13(16)15-12-6-4-5-11(14)10(12)3/h4-6,9H,7-8,14H2,1-3H3,(H,15,16). The Kier molecular flexibility index (Phi) is 4.97. The van der Waals surface area contributed by atoms with Crippen molar-refractivity contribution in [1.82, 2.24) is 0 Å². The molecule has 4 nitrogen and oxygen atoms in total. The molecule has 0 radical (unpaired) electrons. The fraction of sp³-hybridized carbons (Fsp3) is 0.462. The minimum Gasteiger partial charge on any atom is -0.398 e. The lowest BCUT2D eigenvalue weighted by molar-refractivity contribution is -0.117. The first-order valence-corrected chi connectivity index (χ1v) is 5.77. The number of carbonyl (C=O) groups is 1. The zero-order valence-corrected chi connectivity index (χ0v) is 10.6. The van der Waals surface area contributed by atoms with E-state index in [0.29, 0.717) is 18.7 Å². The highest BCUT2D eigenvalue weighted by molar-refractivity contribution is 5.92. The quantitative estimate of drug-likeness (QED) is 0.771. The number of nitrogen functional groups attached to an aromatic ring is 1. The SMILES string of the molecule is Cc1c(N)cccc1NC(=O)CCOC(C)C. The van der Waals surface area contributed by atoms with E-state index in [9.17, 15) is 4.79 Å². The van der Waals surface area contributed by atoms with Crippen LogP contribution in [0.4, 0.5) is 11.4 Å². The van der Waals surface area contributed by atoms with Crippen LogP contribution < -0.4 is 11.1 Å². The van der Waals surface area contributed by atoms with E-state index in [-0.39, 0.29) is 12.0 Å². The van der Waals surface area contributed by atoms with Gasteiger partial charge >= 0.3 is 0 Å². The fourth-order valence-electron chi connectivity index (χ4n) is 1.39. The van der Waals surface area contributed by atoms with Crippen LogP contribution in [-0.4, -0.2) is 18.6 Å². The minimum absolute atomic E-state index is 0.0562. The van der Waals surface area contributed by atoms with Gasteiger partial charge in [0.05, 0.1) is 19.1 Å². The van der Waals surface area contributed by atoms with Gasteiger partial charge in [0.15, 0.2) is 0 Å². The number of benzene rings is 1. The lowest BCUT2D eigenvalue weighted by Gasteiger charge is -2.11. The normalized spacial score (nSPS) is 10.6. The van der Waals surface area contributed by atoms with Crippen molar-refractivity contribution in [2.45, 2.75) is 33.3 Å². The molecule has 0 bridgehead atoms. The Labute approximate surface area is 102 Å². The van der Waals surface area contributed by atoms with Crippen molar-refractivity contribution in [3.63, 3.8) is 0 Å². The van der Waals surface area contributed by atoms with Gasteiger partial charge < -0.3 is 15.8 Å². The van der Waals surface area contributed by atoms with E-state index in [1.165, 1.54) is 0 Å². The van der Waals surface area contributed by atoms with Crippen molar-refractivity contribution < 1.29 is 9.53 Å². The predicted molar refractivity (Wildman–Crippen MR) is 69.9 cm³/mol. The molecule has 0 aliphatic heterocycles. The van der Waals surface area contributed by atoms with Crippen molar-refractivity contribution in [3.8, 4) is 0 Å². The Morgan fingerprint density at radius 1 is 1.47 bits per heavy atom. The Morgan fingerprint density at radius 3 is 2.82 bits per heavy atom. The predicted octanol–water partition coefficient (Wildman–Crippen LogP) is 2.33. The number of amides is 1. The Bertz CT molecular complexity index is 389. The zero-order chi connectivity index (χ0) is 12.8. The lowest BCUT2D eigenvalue weighted by atomic mass is 10.1. The summed E-state index contributed by atoms with van der Waals surface area (Å²) in [6, 6.07) is 5.47. The summed E-state index contributed by atoms with van der Waals surface area (Å²) in [5.74, 6) is -0.0562. The number of hydrogen-bond donors (Lipinski definition) is 2. The molecule has 0 spiro atoms. The molecule has 1 amide bonds. The summed E-state index contributed by atoms with van der Waals surface area (Å²) in [5.41, 5.74) is 8.10. The van der Waals surface area contributed by atoms with Gasteiger partial charge in [-0.1, -0.05) is 6.07 Å². The van der Waals surface area contributed by atoms with Crippen LogP contribution in [0.25, 0.3) is 0 Å². The lowest BCUT2D eigenvalue weighted by Crippen LogP contribution is -2.16. The van der Waals surface area contributed by atoms with E-state index in [1.807, 2.05) is 39.0 Å². The number of anilines is 2. The number of nitrogens with two attached hydrogens (primary N) is 1. The first-order valence-electron chi connectivity index (χ1n) is 5.77. The second-order valence-corrected chi connectivity index (χ2v) is 4.24. The number of nitrogens with one attached hydrogen (secondary N) is 1. The third kappa shape index (κ3) is 4.44. The molecule has 1 aromatic rings. The summed E-state index contributed by atoms with van der Waals surface area (Å²) in [6.07, 6.45) is 0.504. The van der Waals surface area contributed by atoms with Gasteiger partial charge in [-0.2, -0.15) is 0 Å². The van der Waals surface area contributed by atoms with Crippen molar-refractivity contribution in [2.24, 2.45) is 0 Å². The van der Waals surface area contributed by atoms with Gasteiger partial charge in [-0.25, -0.2) is 0 Å². The highest BCUT2D eigenvalue weighted by atomic mass is 16.5. The second-order valence-electron chi connectivity index (χ2n) is 4.24. The van der Waals surface area contributed by atoms with Gasteiger partial charge in [0.2, 0.25) is 5.91 Å². The molecule has 3 N–H and O–H groups in total. The van der Waals surface area contributed by atoms with Gasteiger partial charge in [-0.05, 0) is 38.5 Å². The van der Waals surface area contributed by atoms with Crippen LogP contribution in [0.15, 0.2) is 18.2 Å². The van der Waals surface area contributed by atoms with Crippen LogP contribution in [0.2, 0.25) is 0 Å². The van der Waals surface area contributed by atoms with Crippen LogP contribution in [0, 0.1) is 6.92 Å². The third-order valence-corrected chi connectivity index (χ3v) is 2.43. The number of carbonyl (C=O) groups excluding carboxylic acids is 1. The van der Waals surface area contributed by atoms with Crippen LogP contribution in [0.5, 0.6) is 0 Å². The van der Waals surface area contributed by atoms with Gasteiger partial charge in [-0.15, -0.1) is 0 Å². The van der Waals surface area contributed by atoms with E-state index in [4.69, 9.17) is 10.5 Å². The second kappa shape index (κ2) is 6.25. The first kappa shape index (κ1) is 13.5. The summed E-state index contributed by atoms with van der Waals surface area (Å²) >= 11 is 0. The minimum atomic E-state index is -0.0562. The molecule has 1 rings (SSSR count). The molecule has 0 aromatic heterocycles. The van der Waals surface area contributed by atoms with E-state index in [1.54, 1.807) is 0 Å².